The third-order valence-electron chi connectivity index (χ3n) is 3.38. The highest BCUT2D eigenvalue weighted by Crippen LogP contribution is 2.24. The van der Waals surface area contributed by atoms with Gasteiger partial charge < -0.3 is 20.1 Å². The number of hydrogen-bond donors (Lipinski definition) is 2. The van der Waals surface area contributed by atoms with Gasteiger partial charge in [-0.1, -0.05) is 13.8 Å². The second kappa shape index (κ2) is 9.71. The second-order valence-corrected chi connectivity index (χ2v) is 5.47. The van der Waals surface area contributed by atoms with Gasteiger partial charge in [-0.05, 0) is 30.2 Å². The van der Waals surface area contributed by atoms with Crippen LogP contribution in [0.3, 0.4) is 0 Å². The smallest absolute Gasteiger partial charge is 0.222 e. The average molecular weight is 322 g/mol. The fraction of sp³-hybridized carbons (Fsp3) is 0.529. The molecule has 0 spiro atoms. The van der Waals surface area contributed by atoms with Crippen LogP contribution in [-0.2, 0) is 16.0 Å². The van der Waals surface area contributed by atoms with Crippen molar-refractivity contribution < 1.29 is 19.1 Å². The SMILES string of the molecule is COc1ccc(OC)c(CCC(=O)NCCNC(=O)C(C)C)c1. The van der Waals surface area contributed by atoms with Gasteiger partial charge in [0.1, 0.15) is 11.5 Å². The van der Waals surface area contributed by atoms with Crippen molar-refractivity contribution in [1.29, 1.82) is 0 Å². The topological polar surface area (TPSA) is 76.7 Å². The summed E-state index contributed by atoms with van der Waals surface area (Å²) in [5, 5.41) is 5.54. The molecular formula is C17H26N2O4. The first kappa shape index (κ1) is 18.8. The Hall–Kier alpha value is -2.24. The van der Waals surface area contributed by atoms with E-state index in [0.717, 1.165) is 17.1 Å². The molecule has 2 N–H and O–H groups in total. The van der Waals surface area contributed by atoms with Gasteiger partial charge in [-0.3, -0.25) is 9.59 Å². The minimum absolute atomic E-state index is 0.0136. The molecule has 0 radical (unpaired) electrons. The molecule has 0 aliphatic carbocycles. The zero-order valence-electron chi connectivity index (χ0n) is 14.3. The van der Waals surface area contributed by atoms with E-state index in [9.17, 15) is 9.59 Å². The molecule has 0 unspecified atom stereocenters. The molecule has 0 heterocycles. The Kier molecular flexibility index (Phi) is 7.94. The predicted molar refractivity (Wildman–Crippen MR) is 88.7 cm³/mol. The molecule has 1 rings (SSSR count). The summed E-state index contributed by atoms with van der Waals surface area (Å²) in [6, 6.07) is 5.52. The molecule has 0 fully saturated rings. The minimum atomic E-state index is -0.0614. The molecule has 128 valence electrons. The maximum atomic E-state index is 11.9. The van der Waals surface area contributed by atoms with E-state index >= 15 is 0 Å². The largest absolute Gasteiger partial charge is 0.497 e. The van der Waals surface area contributed by atoms with Crippen LogP contribution in [0, 0.1) is 5.92 Å². The zero-order valence-corrected chi connectivity index (χ0v) is 14.3. The summed E-state index contributed by atoms with van der Waals surface area (Å²) in [5.74, 6) is 1.35. The average Bonchev–Trinajstić information content (AvgIpc) is 2.56. The monoisotopic (exact) mass is 322 g/mol. The maximum absolute atomic E-state index is 11.9. The van der Waals surface area contributed by atoms with Crippen LogP contribution in [-0.4, -0.2) is 39.1 Å². The standard InChI is InChI=1S/C17H26N2O4/c1-12(2)17(21)19-10-9-18-16(20)8-5-13-11-14(22-3)6-7-15(13)23-4/h6-7,11-12H,5,8-10H2,1-4H3,(H,18,20)(H,19,21). The Morgan fingerprint density at radius 2 is 1.78 bits per heavy atom. The first-order chi connectivity index (χ1) is 11.0. The van der Waals surface area contributed by atoms with E-state index in [-0.39, 0.29) is 17.7 Å². The summed E-state index contributed by atoms with van der Waals surface area (Å²) >= 11 is 0. The van der Waals surface area contributed by atoms with Crippen LogP contribution in [0.4, 0.5) is 0 Å². The van der Waals surface area contributed by atoms with Gasteiger partial charge in [-0.15, -0.1) is 0 Å². The Morgan fingerprint density at radius 3 is 2.39 bits per heavy atom. The molecular weight excluding hydrogens is 296 g/mol. The third-order valence-corrected chi connectivity index (χ3v) is 3.38. The van der Waals surface area contributed by atoms with Crippen LogP contribution in [0.25, 0.3) is 0 Å². The maximum Gasteiger partial charge on any atom is 0.222 e. The fourth-order valence-corrected chi connectivity index (χ4v) is 2.01. The van der Waals surface area contributed by atoms with Crippen molar-refractivity contribution in [3.63, 3.8) is 0 Å². The lowest BCUT2D eigenvalue weighted by Gasteiger charge is -2.11. The van der Waals surface area contributed by atoms with Gasteiger partial charge in [0, 0.05) is 25.4 Å². The molecule has 1 aromatic carbocycles. The summed E-state index contributed by atoms with van der Waals surface area (Å²) in [4.78, 5) is 23.2. The molecule has 0 saturated carbocycles. The van der Waals surface area contributed by atoms with Crippen LogP contribution in [0.1, 0.15) is 25.8 Å². The van der Waals surface area contributed by atoms with Gasteiger partial charge in [0.25, 0.3) is 0 Å². The summed E-state index contributed by atoms with van der Waals surface area (Å²) in [6.45, 7) is 4.52. The van der Waals surface area contributed by atoms with Crippen molar-refractivity contribution in [2.24, 2.45) is 5.92 Å². The molecule has 2 amide bonds. The van der Waals surface area contributed by atoms with Crippen molar-refractivity contribution in [2.75, 3.05) is 27.3 Å². The molecule has 0 saturated heterocycles. The number of amides is 2. The molecule has 0 atom stereocenters. The molecule has 0 aromatic heterocycles. The number of hydrogen-bond acceptors (Lipinski definition) is 4. The lowest BCUT2D eigenvalue weighted by molar-refractivity contribution is -0.124. The van der Waals surface area contributed by atoms with Crippen molar-refractivity contribution in [3.8, 4) is 11.5 Å². The highest BCUT2D eigenvalue weighted by molar-refractivity contribution is 5.78. The van der Waals surface area contributed by atoms with Crippen LogP contribution in [0.15, 0.2) is 18.2 Å². The van der Waals surface area contributed by atoms with Crippen molar-refractivity contribution >= 4 is 11.8 Å². The van der Waals surface area contributed by atoms with Crippen LogP contribution >= 0.6 is 0 Å². The predicted octanol–water partition coefficient (Wildman–Crippen LogP) is 1.52. The van der Waals surface area contributed by atoms with Crippen molar-refractivity contribution in [3.05, 3.63) is 23.8 Å². The van der Waals surface area contributed by atoms with E-state index in [4.69, 9.17) is 9.47 Å². The third kappa shape index (κ3) is 6.59. The lowest BCUT2D eigenvalue weighted by Crippen LogP contribution is -2.36. The quantitative estimate of drug-likeness (QED) is 0.676. The molecule has 6 heteroatoms. The van der Waals surface area contributed by atoms with Gasteiger partial charge in [-0.2, -0.15) is 0 Å². The first-order valence-corrected chi connectivity index (χ1v) is 7.73. The summed E-state index contributed by atoms with van der Waals surface area (Å²) in [7, 11) is 3.20. The zero-order chi connectivity index (χ0) is 17.2. The summed E-state index contributed by atoms with van der Waals surface area (Å²) < 4.78 is 10.5. The van der Waals surface area contributed by atoms with E-state index in [1.807, 2.05) is 32.0 Å². The van der Waals surface area contributed by atoms with Gasteiger partial charge >= 0.3 is 0 Å². The number of rotatable bonds is 9. The Balaban J connectivity index is 2.37. The van der Waals surface area contributed by atoms with E-state index in [2.05, 4.69) is 10.6 Å². The summed E-state index contributed by atoms with van der Waals surface area (Å²) in [5.41, 5.74) is 0.926. The first-order valence-electron chi connectivity index (χ1n) is 7.73. The van der Waals surface area contributed by atoms with Crippen LogP contribution in [0.5, 0.6) is 11.5 Å². The number of benzene rings is 1. The second-order valence-electron chi connectivity index (χ2n) is 5.47. The molecule has 0 aliphatic rings. The van der Waals surface area contributed by atoms with E-state index in [1.54, 1.807) is 14.2 Å². The highest BCUT2D eigenvalue weighted by Gasteiger charge is 2.09. The van der Waals surface area contributed by atoms with E-state index in [1.165, 1.54) is 0 Å². The number of aryl methyl sites for hydroxylation is 1. The number of carbonyl (C=O) groups is 2. The van der Waals surface area contributed by atoms with E-state index in [0.29, 0.717) is 25.9 Å². The number of ether oxygens (including phenoxy) is 2. The molecule has 6 nitrogen and oxygen atoms in total. The molecule has 0 bridgehead atoms. The van der Waals surface area contributed by atoms with Gasteiger partial charge in [0.2, 0.25) is 11.8 Å². The van der Waals surface area contributed by atoms with Crippen molar-refractivity contribution in [1.82, 2.24) is 10.6 Å². The number of methoxy groups -OCH3 is 2. The summed E-state index contributed by atoms with van der Waals surface area (Å²) in [6.07, 6.45) is 0.909. The number of nitrogens with one attached hydrogen (secondary N) is 2. The van der Waals surface area contributed by atoms with Gasteiger partial charge in [0.15, 0.2) is 0 Å². The lowest BCUT2D eigenvalue weighted by atomic mass is 10.1. The Morgan fingerprint density at radius 1 is 1.09 bits per heavy atom. The molecule has 0 aliphatic heterocycles. The van der Waals surface area contributed by atoms with Crippen LogP contribution < -0.4 is 20.1 Å². The fourth-order valence-electron chi connectivity index (χ4n) is 2.01. The van der Waals surface area contributed by atoms with E-state index < -0.39 is 0 Å². The highest BCUT2D eigenvalue weighted by atomic mass is 16.5. The Labute approximate surface area is 137 Å². The molecule has 1 aromatic rings. The van der Waals surface area contributed by atoms with Gasteiger partial charge in [0.05, 0.1) is 14.2 Å². The minimum Gasteiger partial charge on any atom is -0.497 e. The Bertz CT molecular complexity index is 529. The molecule has 23 heavy (non-hydrogen) atoms. The van der Waals surface area contributed by atoms with Crippen molar-refractivity contribution in [2.45, 2.75) is 26.7 Å². The number of carbonyl (C=O) groups excluding carboxylic acids is 2. The normalized spacial score (nSPS) is 10.3. The van der Waals surface area contributed by atoms with Crippen LogP contribution in [0.2, 0.25) is 0 Å². The van der Waals surface area contributed by atoms with Gasteiger partial charge in [-0.25, -0.2) is 0 Å².